The fourth-order valence-electron chi connectivity index (χ4n) is 3.21. The lowest BCUT2D eigenvalue weighted by atomic mass is 9.75. The van der Waals surface area contributed by atoms with Crippen molar-refractivity contribution in [1.82, 2.24) is 4.90 Å². The van der Waals surface area contributed by atoms with E-state index in [1.54, 1.807) is 6.07 Å². The molecular weight excluding hydrogens is 314 g/mol. The van der Waals surface area contributed by atoms with Gasteiger partial charge in [-0.3, -0.25) is 4.90 Å². The molecule has 0 amide bonds. The van der Waals surface area contributed by atoms with Crippen LogP contribution in [0, 0.1) is 11.3 Å². The van der Waals surface area contributed by atoms with E-state index >= 15 is 0 Å². The van der Waals surface area contributed by atoms with E-state index in [4.69, 9.17) is 0 Å². The van der Waals surface area contributed by atoms with Crippen LogP contribution in [-0.2, 0) is 0 Å². The fraction of sp³-hybridized carbons (Fsp3) is 0.647. The van der Waals surface area contributed by atoms with E-state index in [9.17, 15) is 5.11 Å². The van der Waals surface area contributed by atoms with Crippen LogP contribution in [0.5, 0.6) is 5.75 Å². The third kappa shape index (κ3) is 3.56. The zero-order chi connectivity index (χ0) is 14.9. The van der Waals surface area contributed by atoms with E-state index < -0.39 is 0 Å². The van der Waals surface area contributed by atoms with Gasteiger partial charge in [0.2, 0.25) is 0 Å². The monoisotopic (exact) mass is 339 g/mol. The highest BCUT2D eigenvalue weighted by Gasteiger charge is 2.31. The molecule has 112 valence electrons. The minimum Gasteiger partial charge on any atom is -0.508 e. The van der Waals surface area contributed by atoms with Gasteiger partial charge in [-0.05, 0) is 62.4 Å². The molecule has 1 atom stereocenters. The molecule has 0 aromatic heterocycles. The molecule has 1 aliphatic rings. The first-order valence-electron chi connectivity index (χ1n) is 7.51. The second-order valence-corrected chi connectivity index (χ2v) is 7.97. The number of piperidine rings is 1. The van der Waals surface area contributed by atoms with Gasteiger partial charge >= 0.3 is 0 Å². The maximum Gasteiger partial charge on any atom is 0.120 e. The second kappa shape index (κ2) is 6.07. The quantitative estimate of drug-likeness (QED) is 0.821. The van der Waals surface area contributed by atoms with Crippen LogP contribution in [0.3, 0.4) is 0 Å². The van der Waals surface area contributed by atoms with Crippen LogP contribution in [-0.4, -0.2) is 23.1 Å². The summed E-state index contributed by atoms with van der Waals surface area (Å²) in [6, 6.07) is 5.97. The molecule has 0 bridgehead atoms. The summed E-state index contributed by atoms with van der Waals surface area (Å²) in [4.78, 5) is 2.49. The number of aromatic hydroxyl groups is 1. The van der Waals surface area contributed by atoms with Crippen molar-refractivity contribution in [2.45, 2.75) is 46.6 Å². The van der Waals surface area contributed by atoms with Gasteiger partial charge in [-0.15, -0.1) is 0 Å². The zero-order valence-corrected chi connectivity index (χ0v) is 14.6. The number of halogens is 1. The zero-order valence-electron chi connectivity index (χ0n) is 13.0. The SMILES string of the molecule is CC(c1cc(Br)ccc1O)N1CCC(C(C)(C)C)CC1. The number of phenols is 1. The van der Waals surface area contributed by atoms with Crippen LogP contribution < -0.4 is 0 Å². The van der Waals surface area contributed by atoms with Crippen molar-refractivity contribution in [3.05, 3.63) is 28.2 Å². The average Bonchev–Trinajstić information content (AvgIpc) is 2.40. The molecule has 1 aromatic rings. The maximum absolute atomic E-state index is 10.1. The molecular formula is C17H26BrNO. The molecule has 1 fully saturated rings. The number of rotatable bonds is 2. The van der Waals surface area contributed by atoms with Crippen LogP contribution in [0.25, 0.3) is 0 Å². The van der Waals surface area contributed by atoms with Gasteiger partial charge in [0.15, 0.2) is 0 Å². The Kier molecular flexibility index (Phi) is 4.80. The summed E-state index contributed by atoms with van der Waals surface area (Å²) < 4.78 is 1.03. The molecule has 1 heterocycles. The Labute approximate surface area is 131 Å². The molecule has 0 spiro atoms. The van der Waals surface area contributed by atoms with Crippen LogP contribution in [0.2, 0.25) is 0 Å². The summed E-state index contributed by atoms with van der Waals surface area (Å²) in [5.74, 6) is 1.21. The standard InChI is InChI=1S/C17H26BrNO/c1-12(15-11-14(18)5-6-16(15)20)19-9-7-13(8-10-19)17(2,3)4/h5-6,11-13,20H,7-10H2,1-4H3. The van der Waals surface area contributed by atoms with Gasteiger partial charge < -0.3 is 5.11 Å². The molecule has 0 aliphatic carbocycles. The lowest BCUT2D eigenvalue weighted by Crippen LogP contribution is -2.39. The molecule has 20 heavy (non-hydrogen) atoms. The van der Waals surface area contributed by atoms with E-state index in [-0.39, 0.29) is 6.04 Å². The first-order valence-corrected chi connectivity index (χ1v) is 8.31. The molecule has 1 aromatic carbocycles. The third-order valence-corrected chi connectivity index (χ3v) is 5.23. The number of phenolic OH excluding ortho intramolecular Hbond substituents is 1. The molecule has 3 heteroatoms. The van der Waals surface area contributed by atoms with Crippen molar-refractivity contribution < 1.29 is 5.11 Å². The molecule has 2 rings (SSSR count). The lowest BCUT2D eigenvalue weighted by Gasteiger charge is -2.41. The summed E-state index contributed by atoms with van der Waals surface area (Å²) in [5.41, 5.74) is 1.43. The number of nitrogens with zero attached hydrogens (tertiary/aromatic N) is 1. The summed E-state index contributed by atoms with van der Waals surface area (Å²) in [5, 5.41) is 10.1. The summed E-state index contributed by atoms with van der Waals surface area (Å²) in [7, 11) is 0. The number of hydrogen-bond donors (Lipinski definition) is 1. The van der Waals surface area contributed by atoms with Crippen molar-refractivity contribution in [3.63, 3.8) is 0 Å². The Morgan fingerprint density at radius 3 is 2.40 bits per heavy atom. The first kappa shape index (κ1) is 15.8. The fourth-order valence-corrected chi connectivity index (χ4v) is 3.59. The Morgan fingerprint density at radius 1 is 1.25 bits per heavy atom. The van der Waals surface area contributed by atoms with E-state index in [1.165, 1.54) is 12.8 Å². The topological polar surface area (TPSA) is 23.5 Å². The van der Waals surface area contributed by atoms with E-state index in [1.807, 2.05) is 12.1 Å². The molecule has 1 unspecified atom stereocenters. The Morgan fingerprint density at radius 2 is 1.85 bits per heavy atom. The van der Waals surface area contributed by atoms with Gasteiger partial charge in [0.1, 0.15) is 5.75 Å². The smallest absolute Gasteiger partial charge is 0.120 e. The minimum atomic E-state index is 0.272. The predicted octanol–water partition coefficient (Wildman–Crippen LogP) is 4.97. The van der Waals surface area contributed by atoms with Crippen molar-refractivity contribution >= 4 is 15.9 Å². The van der Waals surface area contributed by atoms with Gasteiger partial charge in [0.05, 0.1) is 0 Å². The van der Waals surface area contributed by atoms with Crippen LogP contribution in [0.4, 0.5) is 0 Å². The minimum absolute atomic E-state index is 0.272. The summed E-state index contributed by atoms with van der Waals surface area (Å²) in [6.07, 6.45) is 2.51. The molecule has 2 nitrogen and oxygen atoms in total. The van der Waals surface area contributed by atoms with E-state index in [0.29, 0.717) is 11.2 Å². The van der Waals surface area contributed by atoms with Crippen LogP contribution >= 0.6 is 15.9 Å². The Bertz CT molecular complexity index is 459. The molecule has 1 aliphatic heterocycles. The highest BCUT2D eigenvalue weighted by Crippen LogP contribution is 2.38. The first-order chi connectivity index (χ1) is 9.29. The second-order valence-electron chi connectivity index (χ2n) is 7.06. The summed E-state index contributed by atoms with van der Waals surface area (Å²) >= 11 is 3.49. The number of hydrogen-bond acceptors (Lipinski definition) is 2. The van der Waals surface area contributed by atoms with Gasteiger partial charge in [-0.1, -0.05) is 36.7 Å². The Balaban J connectivity index is 2.05. The van der Waals surface area contributed by atoms with Crippen LogP contribution in [0.15, 0.2) is 22.7 Å². The largest absolute Gasteiger partial charge is 0.508 e. The highest BCUT2D eigenvalue weighted by molar-refractivity contribution is 9.10. The van der Waals surface area contributed by atoms with Gasteiger partial charge in [-0.25, -0.2) is 0 Å². The van der Waals surface area contributed by atoms with Gasteiger partial charge in [-0.2, -0.15) is 0 Å². The predicted molar refractivity (Wildman–Crippen MR) is 88.0 cm³/mol. The van der Waals surface area contributed by atoms with Gasteiger partial charge in [0, 0.05) is 16.1 Å². The molecule has 1 N–H and O–H groups in total. The Hall–Kier alpha value is -0.540. The third-order valence-electron chi connectivity index (χ3n) is 4.74. The maximum atomic E-state index is 10.1. The van der Waals surface area contributed by atoms with Crippen molar-refractivity contribution in [3.8, 4) is 5.75 Å². The van der Waals surface area contributed by atoms with Crippen molar-refractivity contribution in [2.75, 3.05) is 13.1 Å². The molecule has 0 saturated carbocycles. The highest BCUT2D eigenvalue weighted by atomic mass is 79.9. The van der Waals surface area contributed by atoms with Crippen molar-refractivity contribution in [1.29, 1.82) is 0 Å². The van der Waals surface area contributed by atoms with E-state index in [2.05, 4.69) is 48.5 Å². The molecule has 0 radical (unpaired) electrons. The van der Waals surface area contributed by atoms with Gasteiger partial charge in [0.25, 0.3) is 0 Å². The van der Waals surface area contributed by atoms with E-state index in [0.717, 1.165) is 29.0 Å². The number of benzene rings is 1. The normalized spacial score (nSPS) is 20.1. The summed E-state index contributed by atoms with van der Waals surface area (Å²) in [6.45, 7) is 11.5. The lowest BCUT2D eigenvalue weighted by molar-refractivity contribution is 0.0870. The number of likely N-dealkylation sites (tertiary alicyclic amines) is 1. The molecule has 1 saturated heterocycles. The van der Waals surface area contributed by atoms with Crippen molar-refractivity contribution in [2.24, 2.45) is 11.3 Å². The van der Waals surface area contributed by atoms with Crippen LogP contribution in [0.1, 0.15) is 52.1 Å². The average molecular weight is 340 g/mol.